The van der Waals surface area contributed by atoms with Gasteiger partial charge in [-0.15, -0.1) is 0 Å². The van der Waals surface area contributed by atoms with Crippen LogP contribution in [0.1, 0.15) is 16.8 Å². The molecule has 3 rings (SSSR count). The molecule has 0 bridgehead atoms. The Kier molecular flexibility index (Phi) is 3.42. The van der Waals surface area contributed by atoms with Crippen LogP contribution in [0.5, 0.6) is 0 Å². The molecule has 1 N–H and O–H groups in total. The van der Waals surface area contributed by atoms with E-state index in [0.29, 0.717) is 18.0 Å². The normalized spacial score (nSPS) is 18.6. The number of carbonyl (C=O) groups excluding carboxylic acids is 1. The van der Waals surface area contributed by atoms with Gasteiger partial charge in [-0.2, -0.15) is 0 Å². The first kappa shape index (κ1) is 12.1. The van der Waals surface area contributed by atoms with Crippen molar-refractivity contribution in [3.63, 3.8) is 0 Å². The molecule has 0 radical (unpaired) electrons. The summed E-state index contributed by atoms with van der Waals surface area (Å²) in [7, 11) is 0. The highest BCUT2D eigenvalue weighted by atomic mass is 16.5. The lowest BCUT2D eigenvalue weighted by Gasteiger charge is -2.09. The maximum Gasteiger partial charge on any atom is 0.251 e. The summed E-state index contributed by atoms with van der Waals surface area (Å²) in [6.07, 6.45) is 2.78. The highest BCUT2D eigenvalue weighted by Gasteiger charge is 2.16. The molecule has 0 aliphatic carbocycles. The number of benzene rings is 1. The van der Waals surface area contributed by atoms with Gasteiger partial charge in [0.1, 0.15) is 0 Å². The fourth-order valence-electron chi connectivity index (χ4n) is 2.30. The quantitative estimate of drug-likeness (QED) is 0.913. The number of carbonyl (C=O) groups is 1. The van der Waals surface area contributed by atoms with Gasteiger partial charge in [-0.05, 0) is 30.7 Å². The molecule has 0 saturated carbocycles. The Hall–Kier alpha value is -1.94. The van der Waals surface area contributed by atoms with Crippen molar-refractivity contribution in [2.75, 3.05) is 19.8 Å². The minimum atomic E-state index is -0.0300. The Morgan fingerprint density at radius 2 is 2.37 bits per heavy atom. The van der Waals surface area contributed by atoms with Crippen molar-refractivity contribution in [3.8, 4) is 0 Å². The first-order chi connectivity index (χ1) is 9.33. The lowest BCUT2D eigenvalue weighted by molar-refractivity contribution is 0.0945. The van der Waals surface area contributed by atoms with Gasteiger partial charge >= 0.3 is 0 Å². The number of amides is 1. The molecule has 1 unspecified atom stereocenters. The molecule has 1 fully saturated rings. The number of ether oxygens (including phenoxy) is 1. The molecule has 2 heterocycles. The van der Waals surface area contributed by atoms with Crippen LogP contribution in [0, 0.1) is 5.92 Å². The van der Waals surface area contributed by atoms with Crippen LogP contribution in [0.4, 0.5) is 0 Å². The predicted molar refractivity (Wildman–Crippen MR) is 73.0 cm³/mol. The van der Waals surface area contributed by atoms with Crippen LogP contribution in [0.2, 0.25) is 0 Å². The Labute approximate surface area is 111 Å². The molecule has 1 aliphatic heterocycles. The van der Waals surface area contributed by atoms with Gasteiger partial charge in [-0.1, -0.05) is 6.07 Å². The molecular weight excluding hydrogens is 240 g/mol. The molecule has 1 amide bonds. The Balaban J connectivity index is 1.70. The maximum atomic E-state index is 12.1. The maximum absolute atomic E-state index is 12.1. The minimum Gasteiger partial charge on any atom is -0.381 e. The van der Waals surface area contributed by atoms with E-state index < -0.39 is 0 Å². The number of hydrogen-bond donors (Lipinski definition) is 1. The zero-order chi connectivity index (χ0) is 13.1. The number of fused-ring (bicyclic) bond motifs is 1. The molecule has 1 aliphatic rings. The van der Waals surface area contributed by atoms with Gasteiger partial charge < -0.3 is 10.1 Å². The smallest absolute Gasteiger partial charge is 0.251 e. The largest absolute Gasteiger partial charge is 0.381 e. The van der Waals surface area contributed by atoms with E-state index in [4.69, 9.17) is 4.74 Å². The van der Waals surface area contributed by atoms with Gasteiger partial charge in [0.05, 0.1) is 12.1 Å². The second kappa shape index (κ2) is 5.36. The topological polar surface area (TPSA) is 51.2 Å². The van der Waals surface area contributed by atoms with Crippen LogP contribution in [-0.4, -0.2) is 30.6 Å². The van der Waals surface area contributed by atoms with Crippen molar-refractivity contribution in [1.29, 1.82) is 0 Å². The van der Waals surface area contributed by atoms with E-state index in [-0.39, 0.29) is 5.91 Å². The molecule has 1 aromatic heterocycles. The Bertz CT molecular complexity index is 591. The fourth-order valence-corrected chi connectivity index (χ4v) is 2.30. The van der Waals surface area contributed by atoms with Crippen LogP contribution in [-0.2, 0) is 4.74 Å². The Morgan fingerprint density at radius 3 is 3.21 bits per heavy atom. The molecule has 1 aromatic carbocycles. The molecule has 4 nitrogen and oxygen atoms in total. The van der Waals surface area contributed by atoms with E-state index in [2.05, 4.69) is 10.3 Å². The van der Waals surface area contributed by atoms with E-state index in [1.807, 2.05) is 30.3 Å². The summed E-state index contributed by atoms with van der Waals surface area (Å²) < 4.78 is 5.29. The first-order valence-electron chi connectivity index (χ1n) is 6.53. The highest BCUT2D eigenvalue weighted by molar-refractivity contribution is 5.97. The van der Waals surface area contributed by atoms with E-state index in [0.717, 1.165) is 30.5 Å². The lowest BCUT2D eigenvalue weighted by Crippen LogP contribution is -2.29. The van der Waals surface area contributed by atoms with Crippen LogP contribution in [0.15, 0.2) is 36.5 Å². The highest BCUT2D eigenvalue weighted by Crippen LogP contribution is 2.14. The second-order valence-corrected chi connectivity index (χ2v) is 4.85. The average molecular weight is 256 g/mol. The zero-order valence-corrected chi connectivity index (χ0v) is 10.6. The predicted octanol–water partition coefficient (Wildman–Crippen LogP) is 2.00. The third kappa shape index (κ3) is 2.74. The zero-order valence-electron chi connectivity index (χ0n) is 10.6. The van der Waals surface area contributed by atoms with E-state index in [1.54, 1.807) is 6.20 Å². The molecule has 1 atom stereocenters. The number of nitrogens with one attached hydrogen (secondary N) is 1. The number of hydrogen-bond acceptors (Lipinski definition) is 3. The molecule has 2 aromatic rings. The first-order valence-corrected chi connectivity index (χ1v) is 6.53. The van der Waals surface area contributed by atoms with Gasteiger partial charge in [-0.25, -0.2) is 0 Å². The average Bonchev–Trinajstić information content (AvgIpc) is 2.97. The van der Waals surface area contributed by atoms with Gasteiger partial charge in [0.2, 0.25) is 0 Å². The third-order valence-electron chi connectivity index (χ3n) is 3.44. The van der Waals surface area contributed by atoms with E-state index >= 15 is 0 Å². The van der Waals surface area contributed by atoms with Crippen molar-refractivity contribution in [2.45, 2.75) is 6.42 Å². The number of rotatable bonds is 3. The van der Waals surface area contributed by atoms with Gasteiger partial charge in [0.25, 0.3) is 5.91 Å². The summed E-state index contributed by atoms with van der Waals surface area (Å²) in [5.41, 5.74) is 1.59. The summed E-state index contributed by atoms with van der Waals surface area (Å²) in [4.78, 5) is 16.3. The van der Waals surface area contributed by atoms with Crippen LogP contribution in [0.25, 0.3) is 10.9 Å². The van der Waals surface area contributed by atoms with Gasteiger partial charge in [0, 0.05) is 36.2 Å². The van der Waals surface area contributed by atoms with E-state index in [9.17, 15) is 4.79 Å². The van der Waals surface area contributed by atoms with Crippen LogP contribution >= 0.6 is 0 Å². The second-order valence-electron chi connectivity index (χ2n) is 4.85. The Morgan fingerprint density at radius 1 is 1.42 bits per heavy atom. The van der Waals surface area contributed by atoms with Crippen molar-refractivity contribution in [3.05, 3.63) is 42.1 Å². The lowest BCUT2D eigenvalue weighted by atomic mass is 10.1. The van der Waals surface area contributed by atoms with Crippen molar-refractivity contribution in [1.82, 2.24) is 10.3 Å². The summed E-state index contributed by atoms with van der Waals surface area (Å²) >= 11 is 0. The van der Waals surface area contributed by atoms with Gasteiger partial charge in [0.15, 0.2) is 0 Å². The molecule has 1 saturated heterocycles. The summed E-state index contributed by atoms with van der Waals surface area (Å²) in [5.74, 6) is 0.420. The number of pyridine rings is 1. The monoisotopic (exact) mass is 256 g/mol. The van der Waals surface area contributed by atoms with E-state index in [1.165, 1.54) is 0 Å². The standard InChI is InChI=1S/C15H16N2O2/c18-15(17-9-11-5-7-19-10-11)13-3-4-14-12(8-13)2-1-6-16-14/h1-4,6,8,11H,5,7,9-10H2,(H,17,18). The number of aromatic nitrogens is 1. The van der Waals surface area contributed by atoms with Gasteiger partial charge in [-0.3, -0.25) is 9.78 Å². The number of nitrogens with zero attached hydrogens (tertiary/aromatic N) is 1. The summed E-state index contributed by atoms with van der Waals surface area (Å²) in [6.45, 7) is 2.24. The molecular formula is C15H16N2O2. The van der Waals surface area contributed by atoms with Crippen molar-refractivity contribution >= 4 is 16.8 Å². The molecule has 98 valence electrons. The fraction of sp³-hybridized carbons (Fsp3) is 0.333. The van der Waals surface area contributed by atoms with Crippen LogP contribution in [0.3, 0.4) is 0 Å². The summed E-state index contributed by atoms with van der Waals surface area (Å²) in [5, 5.41) is 3.95. The van der Waals surface area contributed by atoms with Crippen molar-refractivity contribution in [2.24, 2.45) is 5.92 Å². The van der Waals surface area contributed by atoms with Crippen LogP contribution < -0.4 is 5.32 Å². The third-order valence-corrected chi connectivity index (χ3v) is 3.44. The van der Waals surface area contributed by atoms with Crippen molar-refractivity contribution < 1.29 is 9.53 Å². The molecule has 4 heteroatoms. The molecule has 19 heavy (non-hydrogen) atoms. The minimum absolute atomic E-state index is 0.0300. The molecule has 0 spiro atoms. The summed E-state index contributed by atoms with van der Waals surface area (Å²) in [6, 6.07) is 9.41. The SMILES string of the molecule is O=C(NCC1CCOC1)c1ccc2ncccc2c1.